The maximum absolute atomic E-state index is 12.6. The minimum Gasteiger partial charge on any atom is -0.309 e. The summed E-state index contributed by atoms with van der Waals surface area (Å²) in [5.41, 5.74) is 4.05. The van der Waals surface area contributed by atoms with E-state index in [1.807, 2.05) is 22.4 Å². The first-order valence-corrected chi connectivity index (χ1v) is 10.3. The number of rotatable bonds is 5. The molecule has 0 saturated heterocycles. The number of carbonyl (C=O) groups excluding carboxylic acids is 2. The van der Waals surface area contributed by atoms with Gasteiger partial charge in [0.2, 0.25) is 11.8 Å². The zero-order valence-corrected chi connectivity index (χ0v) is 16.1. The Morgan fingerprint density at radius 1 is 1.38 bits per heavy atom. The number of hydrogen-bond donors (Lipinski definition) is 1. The standard InChI is InChI=1S/C19H20ClN3O2S/c1-11-8-14-9-13(4-5-16(14)23(11)18(25)12-2-3-12)15-10-26-19(21-15)22-17(24)6-7-20/h4-5,9-12H,2-3,6-8H2,1H3,(H,21,22,24). The molecule has 1 unspecified atom stereocenters. The summed E-state index contributed by atoms with van der Waals surface area (Å²) < 4.78 is 0. The van der Waals surface area contributed by atoms with E-state index in [2.05, 4.69) is 23.3 Å². The topological polar surface area (TPSA) is 62.3 Å². The summed E-state index contributed by atoms with van der Waals surface area (Å²) in [4.78, 5) is 30.7. The van der Waals surface area contributed by atoms with Gasteiger partial charge in [0.1, 0.15) is 0 Å². The van der Waals surface area contributed by atoms with E-state index in [0.717, 1.165) is 36.2 Å². The fourth-order valence-corrected chi connectivity index (χ4v) is 4.29. The smallest absolute Gasteiger partial charge is 0.230 e. The highest BCUT2D eigenvalue weighted by molar-refractivity contribution is 7.14. The van der Waals surface area contributed by atoms with Gasteiger partial charge in [-0.15, -0.1) is 22.9 Å². The number of amides is 2. The molecule has 0 radical (unpaired) electrons. The van der Waals surface area contributed by atoms with Gasteiger partial charge in [-0.2, -0.15) is 0 Å². The van der Waals surface area contributed by atoms with Crippen molar-refractivity contribution in [1.82, 2.24) is 4.98 Å². The molecule has 1 aliphatic carbocycles. The van der Waals surface area contributed by atoms with E-state index in [0.29, 0.717) is 11.0 Å². The van der Waals surface area contributed by atoms with Crippen LogP contribution in [0.25, 0.3) is 11.3 Å². The molecule has 1 N–H and O–H groups in total. The van der Waals surface area contributed by atoms with E-state index in [9.17, 15) is 9.59 Å². The highest BCUT2D eigenvalue weighted by Crippen LogP contribution is 2.40. The van der Waals surface area contributed by atoms with Crippen molar-refractivity contribution < 1.29 is 9.59 Å². The number of thiazole rings is 1. The van der Waals surface area contributed by atoms with Crippen LogP contribution in [-0.2, 0) is 16.0 Å². The quantitative estimate of drug-likeness (QED) is 0.784. The molecular weight excluding hydrogens is 370 g/mol. The molecule has 1 aromatic heterocycles. The molecule has 2 heterocycles. The van der Waals surface area contributed by atoms with Crippen molar-refractivity contribution in [3.63, 3.8) is 0 Å². The Morgan fingerprint density at radius 3 is 2.92 bits per heavy atom. The number of alkyl halides is 1. The first-order chi connectivity index (χ1) is 12.6. The van der Waals surface area contributed by atoms with Gasteiger partial charge in [0.25, 0.3) is 0 Å². The first kappa shape index (κ1) is 17.5. The summed E-state index contributed by atoms with van der Waals surface area (Å²) in [5.74, 6) is 0.656. The van der Waals surface area contributed by atoms with Crippen LogP contribution >= 0.6 is 22.9 Å². The third-order valence-corrected chi connectivity index (χ3v) is 5.77. The SMILES string of the molecule is CC1Cc2cc(-c3csc(NC(=O)CCCl)n3)ccc2N1C(=O)C1CC1. The number of benzene rings is 1. The van der Waals surface area contributed by atoms with E-state index in [1.54, 1.807) is 0 Å². The van der Waals surface area contributed by atoms with Crippen molar-refractivity contribution in [1.29, 1.82) is 0 Å². The Morgan fingerprint density at radius 2 is 2.19 bits per heavy atom. The third-order valence-electron chi connectivity index (χ3n) is 4.83. The second-order valence-corrected chi connectivity index (χ2v) is 8.14. The average Bonchev–Trinajstić information content (AvgIpc) is 3.27. The van der Waals surface area contributed by atoms with E-state index in [-0.39, 0.29) is 30.2 Å². The summed E-state index contributed by atoms with van der Waals surface area (Å²) in [5, 5.41) is 5.28. The molecule has 0 bridgehead atoms. The van der Waals surface area contributed by atoms with Crippen LogP contribution in [0.4, 0.5) is 10.8 Å². The number of halogens is 1. The molecule has 1 aromatic carbocycles. The fourth-order valence-electron chi connectivity index (χ4n) is 3.38. The molecule has 136 valence electrons. The van der Waals surface area contributed by atoms with Gasteiger partial charge in [0, 0.05) is 40.9 Å². The van der Waals surface area contributed by atoms with Crippen LogP contribution in [0, 0.1) is 5.92 Å². The lowest BCUT2D eigenvalue weighted by Gasteiger charge is -2.22. The summed E-state index contributed by atoms with van der Waals surface area (Å²) in [6.07, 6.45) is 3.18. The summed E-state index contributed by atoms with van der Waals surface area (Å²) >= 11 is 6.98. The Balaban J connectivity index is 1.55. The molecule has 1 atom stereocenters. The second kappa shape index (κ2) is 7.00. The van der Waals surface area contributed by atoms with Gasteiger partial charge >= 0.3 is 0 Å². The Labute approximate surface area is 161 Å². The van der Waals surface area contributed by atoms with Gasteiger partial charge < -0.3 is 10.2 Å². The number of nitrogens with zero attached hydrogens (tertiary/aromatic N) is 2. The van der Waals surface area contributed by atoms with Gasteiger partial charge in [-0.05, 0) is 43.9 Å². The number of fused-ring (bicyclic) bond motifs is 1. The molecule has 2 aromatic rings. The van der Waals surface area contributed by atoms with Gasteiger partial charge in [-0.3, -0.25) is 9.59 Å². The Bertz CT molecular complexity index is 862. The van der Waals surface area contributed by atoms with E-state index in [1.165, 1.54) is 16.9 Å². The van der Waals surface area contributed by atoms with Crippen LogP contribution in [0.3, 0.4) is 0 Å². The van der Waals surface area contributed by atoms with Crippen molar-refractivity contribution in [2.24, 2.45) is 5.92 Å². The second-order valence-electron chi connectivity index (χ2n) is 6.90. The largest absolute Gasteiger partial charge is 0.309 e. The lowest BCUT2D eigenvalue weighted by Crippen LogP contribution is -2.36. The molecule has 0 spiro atoms. The minimum atomic E-state index is -0.127. The zero-order chi connectivity index (χ0) is 18.3. The van der Waals surface area contributed by atoms with Crippen molar-refractivity contribution in [2.75, 3.05) is 16.1 Å². The van der Waals surface area contributed by atoms with Crippen LogP contribution in [0.1, 0.15) is 31.7 Å². The van der Waals surface area contributed by atoms with Crippen molar-refractivity contribution in [3.8, 4) is 11.3 Å². The van der Waals surface area contributed by atoms with Gasteiger partial charge in [-0.25, -0.2) is 4.98 Å². The van der Waals surface area contributed by atoms with Gasteiger partial charge in [0.05, 0.1) is 5.69 Å². The van der Waals surface area contributed by atoms with Crippen LogP contribution < -0.4 is 10.2 Å². The molecular formula is C19H20ClN3O2S. The van der Waals surface area contributed by atoms with Crippen molar-refractivity contribution in [2.45, 2.75) is 38.6 Å². The highest BCUT2D eigenvalue weighted by Gasteiger charge is 2.39. The minimum absolute atomic E-state index is 0.127. The summed E-state index contributed by atoms with van der Waals surface area (Å²) in [6.45, 7) is 2.10. The molecule has 1 saturated carbocycles. The van der Waals surface area contributed by atoms with Crippen molar-refractivity contribution in [3.05, 3.63) is 29.1 Å². The number of hydrogen-bond acceptors (Lipinski definition) is 4. The normalized spacial score (nSPS) is 18.7. The lowest BCUT2D eigenvalue weighted by atomic mass is 10.1. The fraction of sp³-hybridized carbons (Fsp3) is 0.421. The van der Waals surface area contributed by atoms with Gasteiger partial charge in [-0.1, -0.05) is 6.07 Å². The highest BCUT2D eigenvalue weighted by atomic mass is 35.5. The maximum Gasteiger partial charge on any atom is 0.230 e. The van der Waals surface area contributed by atoms with Gasteiger partial charge in [0.15, 0.2) is 5.13 Å². The number of carbonyl (C=O) groups is 2. The van der Waals surface area contributed by atoms with Crippen molar-refractivity contribution >= 4 is 45.6 Å². The van der Waals surface area contributed by atoms with Crippen LogP contribution in [-0.4, -0.2) is 28.7 Å². The number of anilines is 2. The maximum atomic E-state index is 12.6. The Hall–Kier alpha value is -1.92. The molecule has 1 fully saturated rings. The molecule has 2 amide bonds. The molecule has 1 aliphatic heterocycles. The van der Waals surface area contributed by atoms with Crippen LogP contribution in [0.2, 0.25) is 0 Å². The summed E-state index contributed by atoms with van der Waals surface area (Å²) in [6, 6.07) is 6.35. The molecule has 2 aliphatic rings. The lowest BCUT2D eigenvalue weighted by molar-refractivity contribution is -0.120. The van der Waals surface area contributed by atoms with Crippen LogP contribution in [0.15, 0.2) is 23.6 Å². The molecule has 4 rings (SSSR count). The van der Waals surface area contributed by atoms with E-state index < -0.39 is 0 Å². The average molecular weight is 390 g/mol. The third kappa shape index (κ3) is 3.35. The number of aromatic nitrogens is 1. The first-order valence-electron chi connectivity index (χ1n) is 8.84. The Kier molecular flexibility index (Phi) is 4.71. The molecule has 26 heavy (non-hydrogen) atoms. The van der Waals surface area contributed by atoms with E-state index >= 15 is 0 Å². The zero-order valence-electron chi connectivity index (χ0n) is 14.5. The van der Waals surface area contributed by atoms with E-state index in [4.69, 9.17) is 11.6 Å². The predicted octanol–water partition coefficient (Wildman–Crippen LogP) is 4.07. The number of nitrogens with one attached hydrogen (secondary N) is 1. The van der Waals surface area contributed by atoms with Crippen LogP contribution in [0.5, 0.6) is 0 Å². The predicted molar refractivity (Wildman–Crippen MR) is 105 cm³/mol. The molecule has 5 nitrogen and oxygen atoms in total. The summed E-state index contributed by atoms with van der Waals surface area (Å²) in [7, 11) is 0. The molecule has 7 heteroatoms. The monoisotopic (exact) mass is 389 g/mol.